The van der Waals surface area contributed by atoms with Crippen molar-refractivity contribution in [3.05, 3.63) is 35.6 Å². The summed E-state index contributed by atoms with van der Waals surface area (Å²) in [6, 6.07) is 6.02. The van der Waals surface area contributed by atoms with Crippen molar-refractivity contribution in [2.75, 3.05) is 26.5 Å². The highest BCUT2D eigenvalue weighted by Crippen LogP contribution is 2.62. The summed E-state index contributed by atoms with van der Waals surface area (Å²) >= 11 is 0. The molecule has 6 heteroatoms. The first kappa shape index (κ1) is 14.4. The van der Waals surface area contributed by atoms with E-state index in [0.717, 1.165) is 0 Å². The molecule has 1 aromatic rings. The number of methoxy groups -OCH3 is 1. The first-order valence-electron chi connectivity index (χ1n) is 6.00. The van der Waals surface area contributed by atoms with E-state index in [1.165, 1.54) is 25.5 Å². The van der Waals surface area contributed by atoms with Crippen LogP contribution >= 0.6 is 0 Å². The molecule has 1 aliphatic carbocycles. The minimum Gasteiger partial charge on any atom is -0.384 e. The number of hydrogen-bond acceptors (Lipinski definition) is 4. The van der Waals surface area contributed by atoms with Crippen LogP contribution < -0.4 is 5.73 Å². The summed E-state index contributed by atoms with van der Waals surface area (Å²) in [4.78, 5) is 0. The summed E-state index contributed by atoms with van der Waals surface area (Å²) in [5.41, 5.74) is 5.79. The van der Waals surface area contributed by atoms with E-state index < -0.39 is 20.5 Å². The third kappa shape index (κ3) is 2.40. The number of sulfone groups is 1. The first-order valence-corrected chi connectivity index (χ1v) is 7.95. The molecule has 0 aliphatic heterocycles. The van der Waals surface area contributed by atoms with Gasteiger partial charge >= 0.3 is 0 Å². The molecule has 1 fully saturated rings. The molecule has 4 nitrogen and oxygen atoms in total. The number of ether oxygens (including phenoxy) is 1. The lowest BCUT2D eigenvalue weighted by Gasteiger charge is -2.14. The lowest BCUT2D eigenvalue weighted by molar-refractivity contribution is 0.142. The summed E-state index contributed by atoms with van der Waals surface area (Å²) in [6.07, 6.45) is 1.19. The second kappa shape index (κ2) is 4.85. The van der Waals surface area contributed by atoms with Crippen LogP contribution in [0, 0.1) is 11.2 Å². The monoisotopic (exact) mass is 287 g/mol. The number of rotatable bonds is 5. The zero-order valence-electron chi connectivity index (χ0n) is 11.0. The molecule has 106 valence electrons. The van der Waals surface area contributed by atoms with Gasteiger partial charge in [-0.15, -0.1) is 0 Å². The Kier molecular flexibility index (Phi) is 3.68. The van der Waals surface area contributed by atoms with E-state index in [1.807, 2.05) is 0 Å². The summed E-state index contributed by atoms with van der Waals surface area (Å²) in [5, 5.41) is -0.605. The highest BCUT2D eigenvalue weighted by atomic mass is 32.2. The lowest BCUT2D eigenvalue weighted by Crippen LogP contribution is -2.28. The van der Waals surface area contributed by atoms with Gasteiger partial charge in [0.1, 0.15) is 5.82 Å². The first-order chi connectivity index (χ1) is 8.86. The molecule has 0 radical (unpaired) electrons. The average Bonchev–Trinajstić information content (AvgIpc) is 2.99. The van der Waals surface area contributed by atoms with Gasteiger partial charge in [-0.05, 0) is 17.7 Å². The van der Waals surface area contributed by atoms with Gasteiger partial charge in [-0.2, -0.15) is 0 Å². The van der Waals surface area contributed by atoms with Crippen molar-refractivity contribution < 1.29 is 17.5 Å². The van der Waals surface area contributed by atoms with E-state index >= 15 is 0 Å². The van der Waals surface area contributed by atoms with Crippen LogP contribution in [0.4, 0.5) is 4.39 Å². The molecule has 0 spiro atoms. The van der Waals surface area contributed by atoms with Crippen molar-refractivity contribution in [2.24, 2.45) is 11.1 Å². The number of benzene rings is 1. The van der Waals surface area contributed by atoms with Crippen LogP contribution in [-0.4, -0.2) is 40.2 Å². The minimum atomic E-state index is -3.26. The Morgan fingerprint density at radius 1 is 1.47 bits per heavy atom. The molecule has 1 aliphatic rings. The quantitative estimate of drug-likeness (QED) is 0.874. The summed E-state index contributed by atoms with van der Waals surface area (Å²) in [6.45, 7) is 0.447. The molecule has 0 heterocycles. The summed E-state index contributed by atoms with van der Waals surface area (Å²) in [7, 11) is -1.75. The van der Waals surface area contributed by atoms with Crippen molar-refractivity contribution in [2.45, 2.75) is 11.2 Å². The van der Waals surface area contributed by atoms with Gasteiger partial charge in [-0.3, -0.25) is 0 Å². The van der Waals surface area contributed by atoms with Gasteiger partial charge in [0.15, 0.2) is 9.84 Å². The van der Waals surface area contributed by atoms with Crippen molar-refractivity contribution >= 4 is 9.84 Å². The topological polar surface area (TPSA) is 69.4 Å². The Balaban J connectivity index is 2.44. The highest BCUT2D eigenvalue weighted by molar-refractivity contribution is 7.91. The molecule has 1 aromatic carbocycles. The smallest absolute Gasteiger partial charge is 0.151 e. The van der Waals surface area contributed by atoms with Crippen molar-refractivity contribution in [1.29, 1.82) is 0 Å². The van der Waals surface area contributed by atoms with Gasteiger partial charge in [0.05, 0.1) is 11.9 Å². The van der Waals surface area contributed by atoms with Gasteiger partial charge in [-0.25, -0.2) is 12.8 Å². The molecular weight excluding hydrogens is 269 g/mol. The van der Waals surface area contributed by atoms with Gasteiger partial charge in [0, 0.05) is 31.2 Å². The molecule has 2 N–H and O–H groups in total. The molecule has 0 bridgehead atoms. The predicted octanol–water partition coefficient (Wildman–Crippen LogP) is 0.928. The van der Waals surface area contributed by atoms with Crippen LogP contribution in [0.1, 0.15) is 11.5 Å². The maximum absolute atomic E-state index is 13.3. The number of nitrogens with two attached hydrogens (primary N) is 1. The molecule has 0 unspecified atom stereocenters. The van der Waals surface area contributed by atoms with Gasteiger partial charge in [0.2, 0.25) is 0 Å². The van der Waals surface area contributed by atoms with Crippen LogP contribution in [-0.2, 0) is 14.6 Å². The van der Waals surface area contributed by atoms with Crippen molar-refractivity contribution in [3.8, 4) is 0 Å². The fourth-order valence-electron chi connectivity index (χ4n) is 3.08. The van der Waals surface area contributed by atoms with Gasteiger partial charge < -0.3 is 10.5 Å². The fourth-order valence-corrected chi connectivity index (χ4v) is 5.08. The average molecular weight is 287 g/mol. The summed E-state index contributed by atoms with van der Waals surface area (Å²) < 4.78 is 42.3. The second-order valence-corrected chi connectivity index (χ2v) is 7.32. The van der Waals surface area contributed by atoms with E-state index in [2.05, 4.69) is 0 Å². The lowest BCUT2D eigenvalue weighted by atomic mass is 10.00. The number of halogens is 1. The molecule has 0 aromatic heterocycles. The Morgan fingerprint density at radius 3 is 2.63 bits per heavy atom. The van der Waals surface area contributed by atoms with Crippen LogP contribution in [0.3, 0.4) is 0 Å². The Labute approximate surface area is 112 Å². The molecular formula is C13H18FNO3S. The third-order valence-corrected chi connectivity index (χ3v) is 5.51. The van der Waals surface area contributed by atoms with E-state index in [1.54, 1.807) is 12.1 Å². The Bertz CT molecular complexity index is 575. The van der Waals surface area contributed by atoms with Crippen LogP contribution in [0.15, 0.2) is 24.3 Å². The minimum absolute atomic E-state index is 0.194. The standard InChI is InChI=1S/C13H18FNO3S/c1-18-8-13(7-15)11(12(13)19(2,16)17)9-4-3-5-10(14)6-9/h3-6,11-12H,7-8,15H2,1-2H3/t11-,12-,13+/m0/s1. The SMILES string of the molecule is COC[C@]1(CN)[C@@H](c2cccc(F)c2)[C@@H]1S(C)(=O)=O. The zero-order valence-corrected chi connectivity index (χ0v) is 11.8. The van der Waals surface area contributed by atoms with E-state index in [-0.39, 0.29) is 24.9 Å². The summed E-state index contributed by atoms with van der Waals surface area (Å²) in [5.74, 6) is -0.678. The third-order valence-electron chi connectivity index (χ3n) is 3.84. The predicted molar refractivity (Wildman–Crippen MR) is 71.1 cm³/mol. The highest BCUT2D eigenvalue weighted by Gasteiger charge is 2.69. The Morgan fingerprint density at radius 2 is 2.16 bits per heavy atom. The fraction of sp³-hybridized carbons (Fsp3) is 0.538. The molecule has 19 heavy (non-hydrogen) atoms. The van der Waals surface area contributed by atoms with Crippen molar-refractivity contribution in [3.63, 3.8) is 0 Å². The Hall–Kier alpha value is -0.980. The van der Waals surface area contributed by atoms with E-state index in [9.17, 15) is 12.8 Å². The molecule has 1 saturated carbocycles. The van der Waals surface area contributed by atoms with E-state index in [0.29, 0.717) is 5.56 Å². The van der Waals surface area contributed by atoms with E-state index in [4.69, 9.17) is 10.5 Å². The van der Waals surface area contributed by atoms with Crippen molar-refractivity contribution in [1.82, 2.24) is 0 Å². The maximum atomic E-state index is 13.3. The zero-order chi connectivity index (χ0) is 14.3. The largest absolute Gasteiger partial charge is 0.384 e. The molecule has 2 rings (SSSR count). The van der Waals surface area contributed by atoms with Gasteiger partial charge in [-0.1, -0.05) is 12.1 Å². The molecule has 0 saturated heterocycles. The van der Waals surface area contributed by atoms with Crippen LogP contribution in [0.2, 0.25) is 0 Å². The number of hydrogen-bond donors (Lipinski definition) is 1. The second-order valence-electron chi connectivity index (χ2n) is 5.15. The maximum Gasteiger partial charge on any atom is 0.151 e. The van der Waals surface area contributed by atoms with Crippen LogP contribution in [0.25, 0.3) is 0 Å². The molecule has 0 amide bonds. The molecule has 3 atom stereocenters. The van der Waals surface area contributed by atoms with Gasteiger partial charge in [0.25, 0.3) is 0 Å². The normalized spacial score (nSPS) is 30.3. The van der Waals surface area contributed by atoms with Crippen LogP contribution in [0.5, 0.6) is 0 Å².